The van der Waals surface area contributed by atoms with E-state index in [1.807, 2.05) is 7.05 Å². The summed E-state index contributed by atoms with van der Waals surface area (Å²) in [6.07, 6.45) is 1.69. The van der Waals surface area contributed by atoms with Crippen molar-refractivity contribution in [3.63, 3.8) is 0 Å². The summed E-state index contributed by atoms with van der Waals surface area (Å²) in [5.41, 5.74) is 0.0568. The molecule has 1 aliphatic heterocycles. The van der Waals surface area contributed by atoms with Crippen molar-refractivity contribution in [3.05, 3.63) is 0 Å². The van der Waals surface area contributed by atoms with E-state index in [1.54, 1.807) is 0 Å². The molecule has 0 radical (unpaired) electrons. The largest absolute Gasteiger partial charge is 0.391 e. The fourth-order valence-electron chi connectivity index (χ4n) is 1.61. The minimum absolute atomic E-state index is 0.0568. The Kier molecular flexibility index (Phi) is 3.50. The lowest BCUT2D eigenvalue weighted by atomic mass is 9.77. The summed E-state index contributed by atoms with van der Waals surface area (Å²) >= 11 is 0. The zero-order chi connectivity index (χ0) is 9.03. The summed E-state index contributed by atoms with van der Waals surface area (Å²) in [7, 11) is 1.87. The fourth-order valence-corrected chi connectivity index (χ4v) is 1.61. The topological polar surface area (TPSA) is 41.5 Å². The van der Waals surface area contributed by atoms with Crippen molar-refractivity contribution in [1.29, 1.82) is 0 Å². The van der Waals surface area contributed by atoms with E-state index in [1.165, 1.54) is 0 Å². The van der Waals surface area contributed by atoms with Crippen molar-refractivity contribution < 1.29 is 9.84 Å². The lowest BCUT2D eigenvalue weighted by Crippen LogP contribution is -2.42. The highest BCUT2D eigenvalue weighted by atomic mass is 16.5. The van der Waals surface area contributed by atoms with Gasteiger partial charge in [-0.25, -0.2) is 0 Å². The molecule has 1 atom stereocenters. The minimum Gasteiger partial charge on any atom is -0.391 e. The van der Waals surface area contributed by atoms with Crippen LogP contribution in [0.15, 0.2) is 0 Å². The lowest BCUT2D eigenvalue weighted by molar-refractivity contribution is -0.0492. The van der Waals surface area contributed by atoms with Crippen LogP contribution in [0.25, 0.3) is 0 Å². The Balaban J connectivity index is 2.44. The van der Waals surface area contributed by atoms with Crippen molar-refractivity contribution in [2.24, 2.45) is 5.41 Å². The summed E-state index contributed by atoms with van der Waals surface area (Å²) in [4.78, 5) is 0. The van der Waals surface area contributed by atoms with Gasteiger partial charge in [-0.15, -0.1) is 0 Å². The average Bonchev–Trinajstić information content (AvgIpc) is 2.06. The van der Waals surface area contributed by atoms with Gasteiger partial charge < -0.3 is 15.2 Å². The van der Waals surface area contributed by atoms with E-state index in [4.69, 9.17) is 4.74 Å². The molecule has 0 amide bonds. The quantitative estimate of drug-likeness (QED) is 0.648. The van der Waals surface area contributed by atoms with Crippen LogP contribution in [-0.2, 0) is 4.74 Å². The summed E-state index contributed by atoms with van der Waals surface area (Å²) in [6, 6.07) is 0. The molecule has 1 heterocycles. The molecule has 12 heavy (non-hydrogen) atoms. The molecular formula is C9H19NO2. The highest BCUT2D eigenvalue weighted by Crippen LogP contribution is 2.33. The molecular weight excluding hydrogens is 154 g/mol. The molecule has 1 aliphatic rings. The van der Waals surface area contributed by atoms with Gasteiger partial charge in [0.2, 0.25) is 0 Å². The third-order valence-electron chi connectivity index (χ3n) is 2.84. The van der Waals surface area contributed by atoms with Crippen LogP contribution in [0.2, 0.25) is 0 Å². The molecule has 1 unspecified atom stereocenters. The predicted molar refractivity (Wildman–Crippen MR) is 48.1 cm³/mol. The van der Waals surface area contributed by atoms with Gasteiger partial charge in [-0.3, -0.25) is 0 Å². The number of hydrogen-bond donors (Lipinski definition) is 2. The molecule has 1 rings (SSSR count). The van der Waals surface area contributed by atoms with Gasteiger partial charge in [-0.1, -0.05) is 6.92 Å². The molecule has 0 aromatic carbocycles. The van der Waals surface area contributed by atoms with Gasteiger partial charge in [-0.2, -0.15) is 0 Å². The van der Waals surface area contributed by atoms with E-state index in [-0.39, 0.29) is 11.5 Å². The summed E-state index contributed by atoms with van der Waals surface area (Å²) < 4.78 is 5.26. The number of aliphatic hydroxyl groups is 1. The second-order valence-electron chi connectivity index (χ2n) is 3.84. The number of rotatable bonds is 3. The first-order valence-corrected chi connectivity index (χ1v) is 4.59. The van der Waals surface area contributed by atoms with Gasteiger partial charge in [0.1, 0.15) is 0 Å². The molecule has 0 saturated carbocycles. The van der Waals surface area contributed by atoms with Gasteiger partial charge >= 0.3 is 0 Å². The first-order chi connectivity index (χ1) is 5.69. The number of hydrogen-bond acceptors (Lipinski definition) is 3. The first kappa shape index (κ1) is 9.96. The Labute approximate surface area is 74.1 Å². The first-order valence-electron chi connectivity index (χ1n) is 4.59. The average molecular weight is 173 g/mol. The van der Waals surface area contributed by atoms with Crippen molar-refractivity contribution in [3.8, 4) is 0 Å². The maximum Gasteiger partial charge on any atom is 0.0719 e. The molecule has 0 aromatic heterocycles. The van der Waals surface area contributed by atoms with Gasteiger partial charge in [0.25, 0.3) is 0 Å². The summed E-state index contributed by atoms with van der Waals surface area (Å²) in [5, 5.41) is 12.8. The molecule has 3 nitrogen and oxygen atoms in total. The van der Waals surface area contributed by atoms with Gasteiger partial charge in [0.05, 0.1) is 6.10 Å². The predicted octanol–water partition coefficient (Wildman–Crippen LogP) is 0.383. The Bertz CT molecular complexity index is 132. The van der Waals surface area contributed by atoms with Crippen LogP contribution in [0, 0.1) is 5.41 Å². The van der Waals surface area contributed by atoms with E-state index in [0.717, 1.165) is 26.1 Å². The molecule has 3 heteroatoms. The fraction of sp³-hybridized carbons (Fsp3) is 1.00. The Morgan fingerprint density at radius 1 is 1.50 bits per heavy atom. The van der Waals surface area contributed by atoms with Crippen molar-refractivity contribution in [2.75, 3.05) is 26.8 Å². The van der Waals surface area contributed by atoms with E-state index < -0.39 is 0 Å². The normalized spacial score (nSPS) is 25.2. The van der Waals surface area contributed by atoms with Gasteiger partial charge in [0, 0.05) is 19.8 Å². The van der Waals surface area contributed by atoms with Gasteiger partial charge in [0.15, 0.2) is 0 Å². The number of likely N-dealkylation sites (N-methyl/N-ethyl adjacent to an activating group) is 1. The van der Waals surface area contributed by atoms with Crippen LogP contribution in [-0.4, -0.2) is 38.0 Å². The Hall–Kier alpha value is -0.120. The molecule has 0 aromatic rings. The molecule has 1 fully saturated rings. The van der Waals surface area contributed by atoms with Crippen molar-refractivity contribution in [2.45, 2.75) is 25.9 Å². The zero-order valence-electron chi connectivity index (χ0n) is 7.97. The second kappa shape index (κ2) is 4.21. The molecule has 0 aliphatic carbocycles. The summed E-state index contributed by atoms with van der Waals surface area (Å²) in [5.74, 6) is 0. The van der Waals surface area contributed by atoms with E-state index in [0.29, 0.717) is 6.54 Å². The molecule has 1 saturated heterocycles. The molecule has 0 spiro atoms. The third-order valence-corrected chi connectivity index (χ3v) is 2.84. The lowest BCUT2D eigenvalue weighted by Gasteiger charge is -2.37. The van der Waals surface area contributed by atoms with E-state index in [9.17, 15) is 5.11 Å². The smallest absolute Gasteiger partial charge is 0.0719 e. The zero-order valence-corrected chi connectivity index (χ0v) is 7.97. The molecule has 72 valence electrons. The summed E-state index contributed by atoms with van der Waals surface area (Å²) in [6.45, 7) is 4.39. The monoisotopic (exact) mass is 173 g/mol. The standard InChI is InChI=1S/C9H19NO2/c1-9(8(11)7-10-2)3-5-12-6-4-9/h8,10-11H,3-7H2,1-2H3. The number of ether oxygens (including phenoxy) is 1. The second-order valence-corrected chi connectivity index (χ2v) is 3.84. The SMILES string of the molecule is CNCC(O)C1(C)CCOCC1. The van der Waals surface area contributed by atoms with Crippen molar-refractivity contribution in [1.82, 2.24) is 5.32 Å². The highest BCUT2D eigenvalue weighted by Gasteiger charge is 2.34. The number of aliphatic hydroxyl groups excluding tert-OH is 1. The maximum atomic E-state index is 9.82. The Morgan fingerprint density at radius 2 is 2.08 bits per heavy atom. The highest BCUT2D eigenvalue weighted by molar-refractivity contribution is 4.85. The number of nitrogens with one attached hydrogen (secondary N) is 1. The van der Waals surface area contributed by atoms with E-state index in [2.05, 4.69) is 12.2 Å². The third kappa shape index (κ3) is 2.19. The van der Waals surface area contributed by atoms with Crippen LogP contribution in [0.5, 0.6) is 0 Å². The Morgan fingerprint density at radius 3 is 2.58 bits per heavy atom. The molecule has 0 bridgehead atoms. The van der Waals surface area contributed by atoms with Crippen LogP contribution < -0.4 is 5.32 Å². The maximum absolute atomic E-state index is 9.82. The van der Waals surface area contributed by atoms with Crippen molar-refractivity contribution >= 4 is 0 Å². The van der Waals surface area contributed by atoms with Gasteiger partial charge in [-0.05, 0) is 25.3 Å². The van der Waals surface area contributed by atoms with Crippen LogP contribution >= 0.6 is 0 Å². The van der Waals surface area contributed by atoms with Crippen LogP contribution in [0.3, 0.4) is 0 Å². The van der Waals surface area contributed by atoms with Crippen LogP contribution in [0.4, 0.5) is 0 Å². The van der Waals surface area contributed by atoms with Crippen LogP contribution in [0.1, 0.15) is 19.8 Å². The molecule has 2 N–H and O–H groups in total. The minimum atomic E-state index is -0.244. The van der Waals surface area contributed by atoms with E-state index >= 15 is 0 Å².